The van der Waals surface area contributed by atoms with Crippen LogP contribution in [-0.2, 0) is 4.74 Å². The highest BCUT2D eigenvalue weighted by atomic mass is 127. The lowest BCUT2D eigenvalue weighted by atomic mass is 10.1. The van der Waals surface area contributed by atoms with Crippen LogP contribution in [0.5, 0.6) is 0 Å². The Bertz CT molecular complexity index is 468. The van der Waals surface area contributed by atoms with E-state index in [1.54, 1.807) is 0 Å². The third-order valence-electron chi connectivity index (χ3n) is 4.37. The fourth-order valence-electron chi connectivity index (χ4n) is 3.09. The largest absolute Gasteiger partial charge is 0.376 e. The van der Waals surface area contributed by atoms with Gasteiger partial charge in [0.1, 0.15) is 0 Å². The molecule has 1 aromatic heterocycles. The predicted octanol–water partition coefficient (Wildman–Crippen LogP) is 2.63. The minimum Gasteiger partial charge on any atom is -0.376 e. The van der Waals surface area contributed by atoms with E-state index in [4.69, 9.17) is 4.74 Å². The molecule has 2 fully saturated rings. The molecule has 2 saturated heterocycles. The fourth-order valence-corrected chi connectivity index (χ4v) is 3.88. The van der Waals surface area contributed by atoms with Gasteiger partial charge in [0.2, 0.25) is 0 Å². The molecule has 0 aliphatic carbocycles. The van der Waals surface area contributed by atoms with Gasteiger partial charge < -0.3 is 19.9 Å². The number of thiophene rings is 1. The molecule has 7 heteroatoms. The molecule has 5 nitrogen and oxygen atoms in total. The SMILES string of the molecule is CN=C(NCC1CCCCO1)N1CCN(c2cccs2)CC1.I. The average Bonchev–Trinajstić information content (AvgIpc) is 3.11. The molecule has 0 amide bonds. The van der Waals surface area contributed by atoms with Crippen molar-refractivity contribution >= 4 is 46.3 Å². The first-order valence-corrected chi connectivity index (χ1v) is 9.10. The molecule has 3 heterocycles. The van der Waals surface area contributed by atoms with Crippen molar-refractivity contribution in [3.63, 3.8) is 0 Å². The zero-order valence-corrected chi connectivity index (χ0v) is 16.9. The number of ether oxygens (including phenoxy) is 1. The topological polar surface area (TPSA) is 40.1 Å². The first kappa shape index (κ1) is 18.8. The van der Waals surface area contributed by atoms with Crippen LogP contribution in [0.4, 0.5) is 5.00 Å². The van der Waals surface area contributed by atoms with Crippen LogP contribution < -0.4 is 10.2 Å². The van der Waals surface area contributed by atoms with E-state index < -0.39 is 0 Å². The standard InChI is InChI=1S/C16H26N4OS.HI/c1-17-16(18-13-14-5-2-3-11-21-14)20-9-7-19(8-10-20)15-6-4-12-22-15;/h4,6,12,14H,2-3,5,7-11,13H2,1H3,(H,17,18);1H. The summed E-state index contributed by atoms with van der Waals surface area (Å²) in [5, 5.41) is 7.01. The van der Waals surface area contributed by atoms with E-state index in [1.807, 2.05) is 18.4 Å². The van der Waals surface area contributed by atoms with Crippen LogP contribution >= 0.6 is 35.3 Å². The summed E-state index contributed by atoms with van der Waals surface area (Å²) in [5.74, 6) is 1.01. The first-order chi connectivity index (χ1) is 10.9. The highest BCUT2D eigenvalue weighted by Gasteiger charge is 2.21. The summed E-state index contributed by atoms with van der Waals surface area (Å²) in [5.41, 5.74) is 0. The van der Waals surface area contributed by atoms with Gasteiger partial charge in [0.05, 0.1) is 11.1 Å². The molecule has 3 rings (SSSR count). The van der Waals surface area contributed by atoms with Gasteiger partial charge in [-0.05, 0) is 36.8 Å². The maximum absolute atomic E-state index is 5.78. The molecule has 2 aliphatic heterocycles. The van der Waals surface area contributed by atoms with Crippen molar-refractivity contribution < 1.29 is 4.74 Å². The smallest absolute Gasteiger partial charge is 0.193 e. The highest BCUT2D eigenvalue weighted by molar-refractivity contribution is 14.0. The molecule has 0 radical (unpaired) electrons. The van der Waals surface area contributed by atoms with Crippen molar-refractivity contribution in [3.05, 3.63) is 17.5 Å². The van der Waals surface area contributed by atoms with Gasteiger partial charge in [-0.15, -0.1) is 35.3 Å². The van der Waals surface area contributed by atoms with Crippen molar-refractivity contribution in [1.29, 1.82) is 0 Å². The average molecular weight is 450 g/mol. The Morgan fingerprint density at radius 3 is 2.78 bits per heavy atom. The number of nitrogens with zero attached hydrogens (tertiary/aromatic N) is 3. The summed E-state index contributed by atoms with van der Waals surface area (Å²) < 4.78 is 5.78. The minimum absolute atomic E-state index is 0. The number of nitrogens with one attached hydrogen (secondary N) is 1. The number of anilines is 1. The van der Waals surface area contributed by atoms with Crippen molar-refractivity contribution in [2.24, 2.45) is 4.99 Å². The summed E-state index contributed by atoms with van der Waals surface area (Å²) in [6.45, 7) is 5.93. The Balaban J connectivity index is 0.00000192. The van der Waals surface area contributed by atoms with Gasteiger partial charge in [-0.25, -0.2) is 0 Å². The molecule has 1 atom stereocenters. The summed E-state index contributed by atoms with van der Waals surface area (Å²) in [7, 11) is 1.87. The van der Waals surface area contributed by atoms with E-state index in [-0.39, 0.29) is 24.0 Å². The second-order valence-electron chi connectivity index (χ2n) is 5.84. The zero-order chi connectivity index (χ0) is 15.2. The van der Waals surface area contributed by atoms with Crippen molar-refractivity contribution in [2.45, 2.75) is 25.4 Å². The molecule has 2 aliphatic rings. The summed E-state index contributed by atoms with van der Waals surface area (Å²) in [6.07, 6.45) is 3.99. The van der Waals surface area contributed by atoms with Gasteiger partial charge >= 0.3 is 0 Å². The number of piperazine rings is 1. The normalized spacial score (nSPS) is 22.7. The first-order valence-electron chi connectivity index (χ1n) is 8.22. The molecule has 0 bridgehead atoms. The van der Waals surface area contributed by atoms with Crippen molar-refractivity contribution in [2.75, 3.05) is 51.3 Å². The van der Waals surface area contributed by atoms with Gasteiger partial charge in [-0.3, -0.25) is 4.99 Å². The molecule has 0 spiro atoms. The lowest BCUT2D eigenvalue weighted by Gasteiger charge is -2.37. The van der Waals surface area contributed by atoms with Crippen LogP contribution in [0.25, 0.3) is 0 Å². The zero-order valence-electron chi connectivity index (χ0n) is 13.7. The summed E-state index contributed by atoms with van der Waals surface area (Å²) in [4.78, 5) is 9.26. The Kier molecular flexibility index (Phi) is 7.91. The molecule has 130 valence electrons. The van der Waals surface area contributed by atoms with E-state index in [0.29, 0.717) is 6.10 Å². The maximum Gasteiger partial charge on any atom is 0.193 e. The van der Waals surface area contributed by atoms with Crippen LogP contribution in [0.3, 0.4) is 0 Å². The number of guanidine groups is 1. The molecule has 23 heavy (non-hydrogen) atoms. The number of halogens is 1. The third kappa shape index (κ3) is 5.22. The van der Waals surface area contributed by atoms with Crippen LogP contribution in [0.2, 0.25) is 0 Å². The van der Waals surface area contributed by atoms with Gasteiger partial charge in [-0.1, -0.05) is 0 Å². The van der Waals surface area contributed by atoms with Crippen LogP contribution in [-0.4, -0.2) is 63.3 Å². The second-order valence-corrected chi connectivity index (χ2v) is 6.77. The number of rotatable bonds is 3. The van der Waals surface area contributed by atoms with Crippen LogP contribution in [0, 0.1) is 0 Å². The predicted molar refractivity (Wildman–Crippen MR) is 108 cm³/mol. The lowest BCUT2D eigenvalue weighted by Crippen LogP contribution is -2.53. The molecule has 1 N–H and O–H groups in total. The molecular formula is C16H27IN4OS. The fraction of sp³-hybridized carbons (Fsp3) is 0.688. The second kappa shape index (κ2) is 9.68. The summed E-state index contributed by atoms with van der Waals surface area (Å²) in [6, 6.07) is 4.32. The Hall–Kier alpha value is -0.540. The van der Waals surface area contributed by atoms with E-state index in [1.165, 1.54) is 17.8 Å². The Morgan fingerprint density at radius 1 is 1.35 bits per heavy atom. The number of hydrogen-bond acceptors (Lipinski definition) is 4. The molecule has 1 unspecified atom stereocenters. The van der Waals surface area contributed by atoms with Crippen LogP contribution in [0.15, 0.2) is 22.5 Å². The van der Waals surface area contributed by atoms with Gasteiger partial charge in [0.15, 0.2) is 5.96 Å². The van der Waals surface area contributed by atoms with E-state index >= 15 is 0 Å². The molecule has 0 saturated carbocycles. The van der Waals surface area contributed by atoms with E-state index in [2.05, 4.69) is 37.6 Å². The van der Waals surface area contributed by atoms with Gasteiger partial charge in [-0.2, -0.15) is 0 Å². The Labute approximate surface area is 160 Å². The van der Waals surface area contributed by atoms with Gasteiger partial charge in [0, 0.05) is 46.4 Å². The number of hydrogen-bond donors (Lipinski definition) is 1. The monoisotopic (exact) mass is 450 g/mol. The van der Waals surface area contributed by atoms with E-state index in [0.717, 1.165) is 51.7 Å². The number of aliphatic imine (C=N–C) groups is 1. The van der Waals surface area contributed by atoms with Gasteiger partial charge in [0.25, 0.3) is 0 Å². The molecule has 1 aromatic rings. The molecule has 0 aromatic carbocycles. The minimum atomic E-state index is 0. The van der Waals surface area contributed by atoms with Crippen molar-refractivity contribution in [3.8, 4) is 0 Å². The maximum atomic E-state index is 5.78. The lowest BCUT2D eigenvalue weighted by molar-refractivity contribution is 0.0191. The third-order valence-corrected chi connectivity index (χ3v) is 5.30. The molecular weight excluding hydrogens is 423 g/mol. The summed E-state index contributed by atoms with van der Waals surface area (Å²) >= 11 is 1.82. The quantitative estimate of drug-likeness (QED) is 0.437. The highest BCUT2D eigenvalue weighted by Crippen LogP contribution is 2.22. The van der Waals surface area contributed by atoms with Crippen LogP contribution in [0.1, 0.15) is 19.3 Å². The Morgan fingerprint density at radius 2 is 2.17 bits per heavy atom. The van der Waals surface area contributed by atoms with Crippen molar-refractivity contribution in [1.82, 2.24) is 10.2 Å². The van der Waals surface area contributed by atoms with E-state index in [9.17, 15) is 0 Å².